The Labute approximate surface area is 95.6 Å². The third-order valence-corrected chi connectivity index (χ3v) is 2.44. The molecule has 2 nitrogen and oxygen atoms in total. The molecule has 0 saturated carbocycles. The molecule has 0 fully saturated rings. The summed E-state index contributed by atoms with van der Waals surface area (Å²) in [7, 11) is 0. The number of aromatic nitrogens is 1. The summed E-state index contributed by atoms with van der Waals surface area (Å²) in [6, 6.07) is 8.23. The number of benzene rings is 1. The van der Waals surface area contributed by atoms with Crippen molar-refractivity contribution in [3.63, 3.8) is 0 Å². The van der Waals surface area contributed by atoms with Crippen molar-refractivity contribution in [1.29, 1.82) is 0 Å². The maximum Gasteiger partial charge on any atom is 0.0457 e. The van der Waals surface area contributed by atoms with E-state index in [1.807, 2.05) is 24.4 Å². The third kappa shape index (κ3) is 2.22. The first-order valence-electron chi connectivity index (χ1n) is 4.75. The van der Waals surface area contributed by atoms with Crippen LogP contribution >= 0.6 is 12.4 Å². The van der Waals surface area contributed by atoms with Gasteiger partial charge in [-0.05, 0) is 18.1 Å². The first-order valence-corrected chi connectivity index (χ1v) is 4.75. The maximum absolute atomic E-state index is 6.02. The molecule has 3 N–H and O–H groups in total. The molecule has 15 heavy (non-hydrogen) atoms. The summed E-state index contributed by atoms with van der Waals surface area (Å²) in [5, 5.41) is 1.21. The van der Waals surface area contributed by atoms with Gasteiger partial charge in [-0.15, -0.1) is 19.0 Å². The number of aromatic amines is 1. The van der Waals surface area contributed by atoms with Crippen LogP contribution in [0.4, 0.5) is 0 Å². The lowest BCUT2D eigenvalue weighted by Crippen LogP contribution is -2.07. The Balaban J connectivity index is 0.00000112. The van der Waals surface area contributed by atoms with Crippen molar-refractivity contribution in [2.24, 2.45) is 5.73 Å². The van der Waals surface area contributed by atoms with E-state index in [4.69, 9.17) is 5.73 Å². The fraction of sp³-hybridized carbons (Fsp3) is 0.167. The van der Waals surface area contributed by atoms with Gasteiger partial charge < -0.3 is 10.7 Å². The first kappa shape index (κ1) is 11.8. The summed E-state index contributed by atoms with van der Waals surface area (Å²) in [4.78, 5) is 3.21. The molecule has 0 unspecified atom stereocenters. The zero-order valence-corrected chi connectivity index (χ0v) is 9.26. The van der Waals surface area contributed by atoms with Crippen LogP contribution in [0.1, 0.15) is 18.0 Å². The number of rotatable bonds is 3. The van der Waals surface area contributed by atoms with Crippen LogP contribution in [0.2, 0.25) is 0 Å². The minimum absolute atomic E-state index is 0. The Bertz CT molecular complexity index is 448. The van der Waals surface area contributed by atoms with Gasteiger partial charge in [0.1, 0.15) is 0 Å². The van der Waals surface area contributed by atoms with Gasteiger partial charge in [0.05, 0.1) is 0 Å². The van der Waals surface area contributed by atoms with E-state index in [-0.39, 0.29) is 18.4 Å². The van der Waals surface area contributed by atoms with Crippen molar-refractivity contribution in [2.75, 3.05) is 0 Å². The van der Waals surface area contributed by atoms with Crippen molar-refractivity contribution in [2.45, 2.75) is 12.5 Å². The van der Waals surface area contributed by atoms with Gasteiger partial charge in [-0.3, -0.25) is 0 Å². The zero-order valence-electron chi connectivity index (χ0n) is 8.44. The van der Waals surface area contributed by atoms with Gasteiger partial charge in [0, 0.05) is 23.1 Å². The number of hydrogen-bond acceptors (Lipinski definition) is 1. The minimum atomic E-state index is 0. The molecule has 80 valence electrons. The largest absolute Gasteiger partial charge is 0.361 e. The van der Waals surface area contributed by atoms with Crippen molar-refractivity contribution in [1.82, 2.24) is 4.98 Å². The summed E-state index contributed by atoms with van der Waals surface area (Å²) in [6.45, 7) is 3.70. The second kappa shape index (κ2) is 5.01. The second-order valence-electron chi connectivity index (χ2n) is 3.42. The second-order valence-corrected chi connectivity index (χ2v) is 3.42. The highest BCUT2D eigenvalue weighted by molar-refractivity contribution is 5.85. The molecule has 1 aromatic heterocycles. The van der Waals surface area contributed by atoms with Crippen LogP contribution in [0.15, 0.2) is 43.1 Å². The molecule has 0 spiro atoms. The zero-order chi connectivity index (χ0) is 9.97. The molecule has 0 bridgehead atoms. The first-order chi connectivity index (χ1) is 6.83. The van der Waals surface area contributed by atoms with Crippen LogP contribution < -0.4 is 5.73 Å². The number of halogens is 1. The van der Waals surface area contributed by atoms with Gasteiger partial charge in [-0.1, -0.05) is 24.3 Å². The summed E-state index contributed by atoms with van der Waals surface area (Å²) in [5.41, 5.74) is 8.33. The third-order valence-electron chi connectivity index (χ3n) is 2.44. The Hall–Kier alpha value is -1.25. The topological polar surface area (TPSA) is 41.8 Å². The van der Waals surface area contributed by atoms with Crippen molar-refractivity contribution in [3.8, 4) is 0 Å². The van der Waals surface area contributed by atoms with E-state index in [0.717, 1.165) is 11.9 Å². The summed E-state index contributed by atoms with van der Waals surface area (Å²) in [6.07, 6.45) is 4.65. The Morgan fingerprint density at radius 3 is 2.87 bits per heavy atom. The van der Waals surface area contributed by atoms with Gasteiger partial charge in [-0.25, -0.2) is 0 Å². The molecule has 0 radical (unpaired) electrons. The smallest absolute Gasteiger partial charge is 0.0457 e. The molecule has 0 saturated heterocycles. The number of hydrogen-bond donors (Lipinski definition) is 2. The van der Waals surface area contributed by atoms with Gasteiger partial charge in [0.2, 0.25) is 0 Å². The van der Waals surface area contributed by atoms with Crippen molar-refractivity contribution >= 4 is 23.3 Å². The standard InChI is InChI=1S/C12H14N2.ClH/c1-2-5-11(13)10-8-14-12-7-4-3-6-9(10)12;/h2-4,6-8,11,14H,1,5,13H2;1H/t11-;/m0./s1. The van der Waals surface area contributed by atoms with E-state index in [1.165, 1.54) is 10.9 Å². The fourth-order valence-electron chi connectivity index (χ4n) is 1.71. The van der Waals surface area contributed by atoms with Crippen LogP contribution in [0.3, 0.4) is 0 Å². The molecule has 1 aromatic carbocycles. The minimum Gasteiger partial charge on any atom is -0.361 e. The number of H-pyrrole nitrogens is 1. The molecule has 2 rings (SSSR count). The van der Waals surface area contributed by atoms with E-state index < -0.39 is 0 Å². The van der Waals surface area contributed by atoms with E-state index in [0.29, 0.717) is 0 Å². The molecule has 2 aromatic rings. The Morgan fingerprint density at radius 2 is 2.13 bits per heavy atom. The average molecular weight is 223 g/mol. The monoisotopic (exact) mass is 222 g/mol. The quantitative estimate of drug-likeness (QED) is 0.770. The van der Waals surface area contributed by atoms with E-state index in [1.54, 1.807) is 0 Å². The molecule has 0 amide bonds. The molecule has 0 aliphatic rings. The highest BCUT2D eigenvalue weighted by Gasteiger charge is 2.09. The molecule has 0 aliphatic carbocycles. The number of nitrogens with two attached hydrogens (primary N) is 1. The lowest BCUT2D eigenvalue weighted by atomic mass is 10.0. The molecule has 3 heteroatoms. The molecule has 1 atom stereocenters. The summed E-state index contributed by atoms with van der Waals surface area (Å²) >= 11 is 0. The van der Waals surface area contributed by atoms with Crippen LogP contribution in [-0.4, -0.2) is 4.98 Å². The maximum atomic E-state index is 6.02. The molecule has 0 aliphatic heterocycles. The predicted molar refractivity (Wildman–Crippen MR) is 67.3 cm³/mol. The van der Waals surface area contributed by atoms with Crippen LogP contribution in [0, 0.1) is 0 Å². The number of nitrogens with one attached hydrogen (secondary N) is 1. The number of para-hydroxylation sites is 1. The van der Waals surface area contributed by atoms with Crippen LogP contribution in [-0.2, 0) is 0 Å². The van der Waals surface area contributed by atoms with E-state index in [2.05, 4.69) is 23.7 Å². The van der Waals surface area contributed by atoms with Gasteiger partial charge in [0.15, 0.2) is 0 Å². The van der Waals surface area contributed by atoms with E-state index in [9.17, 15) is 0 Å². The highest BCUT2D eigenvalue weighted by Crippen LogP contribution is 2.24. The predicted octanol–water partition coefficient (Wildman–Crippen LogP) is 3.17. The van der Waals surface area contributed by atoms with Crippen molar-refractivity contribution in [3.05, 3.63) is 48.7 Å². The van der Waals surface area contributed by atoms with Gasteiger partial charge >= 0.3 is 0 Å². The van der Waals surface area contributed by atoms with Crippen LogP contribution in [0.25, 0.3) is 10.9 Å². The Kier molecular flexibility index (Phi) is 3.95. The van der Waals surface area contributed by atoms with Gasteiger partial charge in [0.25, 0.3) is 0 Å². The summed E-state index contributed by atoms with van der Waals surface area (Å²) in [5.74, 6) is 0. The number of fused-ring (bicyclic) bond motifs is 1. The van der Waals surface area contributed by atoms with Crippen LogP contribution in [0.5, 0.6) is 0 Å². The lowest BCUT2D eigenvalue weighted by molar-refractivity contribution is 0.748. The molecular formula is C12H15ClN2. The average Bonchev–Trinajstić information content (AvgIpc) is 2.61. The lowest BCUT2D eigenvalue weighted by Gasteiger charge is -2.06. The molecule has 1 heterocycles. The Morgan fingerprint density at radius 1 is 1.40 bits per heavy atom. The van der Waals surface area contributed by atoms with E-state index >= 15 is 0 Å². The fourth-order valence-corrected chi connectivity index (χ4v) is 1.71. The normalized spacial score (nSPS) is 12.1. The highest BCUT2D eigenvalue weighted by atomic mass is 35.5. The van der Waals surface area contributed by atoms with Gasteiger partial charge in [-0.2, -0.15) is 0 Å². The summed E-state index contributed by atoms with van der Waals surface area (Å²) < 4.78 is 0. The SMILES string of the molecule is C=CC[C@H](N)c1c[nH]c2ccccc12.Cl. The van der Waals surface area contributed by atoms with Crippen molar-refractivity contribution < 1.29 is 0 Å². The molecular weight excluding hydrogens is 208 g/mol.